The Labute approximate surface area is 113 Å². The molecule has 0 unspecified atom stereocenters. The molecule has 0 amide bonds. The molecule has 0 spiro atoms. The van der Waals surface area contributed by atoms with Gasteiger partial charge < -0.3 is 10.1 Å². The maximum Gasteiger partial charge on any atom is 0.240 e. The van der Waals surface area contributed by atoms with E-state index < -0.39 is 0 Å². The minimum atomic E-state index is 0.539. The first-order chi connectivity index (χ1) is 9.13. The van der Waals surface area contributed by atoms with E-state index in [1.165, 1.54) is 0 Å². The van der Waals surface area contributed by atoms with Crippen LogP contribution in [-0.4, -0.2) is 21.7 Å². The standard InChI is InChI=1S/C14H20N4O/c1-10(2)8-15-9-12-4-5-16-13(7-12)19-14-6-11(3)17-18-14/h4-7,10,15H,8-9H2,1-3H3,(H,17,18). The summed E-state index contributed by atoms with van der Waals surface area (Å²) in [6.45, 7) is 8.12. The molecule has 2 aromatic rings. The zero-order valence-electron chi connectivity index (χ0n) is 11.6. The largest absolute Gasteiger partial charge is 0.419 e. The van der Waals surface area contributed by atoms with Crippen LogP contribution in [0.15, 0.2) is 24.4 Å². The van der Waals surface area contributed by atoms with E-state index >= 15 is 0 Å². The van der Waals surface area contributed by atoms with Gasteiger partial charge in [0.1, 0.15) is 0 Å². The second-order valence-electron chi connectivity index (χ2n) is 5.02. The molecule has 2 heterocycles. The third-order valence-electron chi connectivity index (χ3n) is 2.57. The predicted octanol–water partition coefficient (Wildman–Crippen LogP) is 2.65. The van der Waals surface area contributed by atoms with Crippen molar-refractivity contribution < 1.29 is 4.74 Å². The Kier molecular flexibility index (Phi) is 4.52. The summed E-state index contributed by atoms with van der Waals surface area (Å²) in [5, 5.41) is 10.2. The van der Waals surface area contributed by atoms with Gasteiger partial charge >= 0.3 is 0 Å². The SMILES string of the molecule is Cc1cc(Oc2cc(CNCC(C)C)ccn2)n[nH]1. The number of hydrogen-bond donors (Lipinski definition) is 2. The van der Waals surface area contributed by atoms with Crippen molar-refractivity contribution in [3.8, 4) is 11.8 Å². The molecular weight excluding hydrogens is 240 g/mol. The van der Waals surface area contributed by atoms with Gasteiger partial charge in [-0.15, -0.1) is 5.10 Å². The number of pyridine rings is 1. The third kappa shape index (κ3) is 4.37. The highest BCUT2D eigenvalue weighted by Gasteiger charge is 2.03. The Bertz CT molecular complexity index is 522. The van der Waals surface area contributed by atoms with E-state index in [1.54, 1.807) is 6.20 Å². The topological polar surface area (TPSA) is 62.8 Å². The Morgan fingerprint density at radius 3 is 2.84 bits per heavy atom. The van der Waals surface area contributed by atoms with Gasteiger partial charge in [0.25, 0.3) is 0 Å². The van der Waals surface area contributed by atoms with Crippen molar-refractivity contribution in [2.24, 2.45) is 5.92 Å². The lowest BCUT2D eigenvalue weighted by molar-refractivity contribution is 0.442. The van der Waals surface area contributed by atoms with E-state index in [0.29, 0.717) is 17.7 Å². The smallest absolute Gasteiger partial charge is 0.240 e. The van der Waals surface area contributed by atoms with Crippen LogP contribution in [0.4, 0.5) is 0 Å². The van der Waals surface area contributed by atoms with E-state index in [4.69, 9.17) is 4.74 Å². The van der Waals surface area contributed by atoms with Gasteiger partial charge in [-0.1, -0.05) is 13.8 Å². The van der Waals surface area contributed by atoms with Gasteiger partial charge in [-0.05, 0) is 31.0 Å². The fraction of sp³-hybridized carbons (Fsp3) is 0.429. The third-order valence-corrected chi connectivity index (χ3v) is 2.57. The molecule has 102 valence electrons. The van der Waals surface area contributed by atoms with Gasteiger partial charge in [0, 0.05) is 30.6 Å². The molecule has 2 rings (SSSR count). The number of aryl methyl sites for hydroxylation is 1. The maximum atomic E-state index is 5.59. The number of nitrogens with one attached hydrogen (secondary N) is 2. The Morgan fingerprint density at radius 1 is 1.32 bits per heavy atom. The fourth-order valence-electron chi connectivity index (χ4n) is 1.67. The summed E-state index contributed by atoms with van der Waals surface area (Å²) in [5.74, 6) is 1.75. The molecule has 2 aromatic heterocycles. The van der Waals surface area contributed by atoms with Crippen molar-refractivity contribution in [2.45, 2.75) is 27.3 Å². The Morgan fingerprint density at radius 2 is 2.16 bits per heavy atom. The Hall–Kier alpha value is -1.88. The average Bonchev–Trinajstić information content (AvgIpc) is 2.75. The summed E-state index contributed by atoms with van der Waals surface area (Å²) in [6, 6.07) is 5.75. The molecule has 0 saturated carbocycles. The summed E-state index contributed by atoms with van der Waals surface area (Å²) in [5.41, 5.74) is 2.11. The number of aromatic nitrogens is 3. The van der Waals surface area contributed by atoms with Gasteiger partial charge in [-0.25, -0.2) is 4.98 Å². The minimum absolute atomic E-state index is 0.539. The molecule has 5 heteroatoms. The highest BCUT2D eigenvalue weighted by molar-refractivity contribution is 5.25. The van der Waals surface area contributed by atoms with Gasteiger partial charge in [0.05, 0.1) is 0 Å². The molecule has 0 bridgehead atoms. The molecule has 0 aromatic carbocycles. The van der Waals surface area contributed by atoms with E-state index in [-0.39, 0.29) is 0 Å². The van der Waals surface area contributed by atoms with Crippen molar-refractivity contribution in [3.63, 3.8) is 0 Å². The lowest BCUT2D eigenvalue weighted by atomic mass is 10.2. The fourth-order valence-corrected chi connectivity index (χ4v) is 1.67. The van der Waals surface area contributed by atoms with Crippen LogP contribution in [0, 0.1) is 12.8 Å². The van der Waals surface area contributed by atoms with Crippen molar-refractivity contribution >= 4 is 0 Å². The number of ether oxygens (including phenoxy) is 1. The summed E-state index contributed by atoms with van der Waals surface area (Å²) in [7, 11) is 0. The molecule has 2 N–H and O–H groups in total. The lowest BCUT2D eigenvalue weighted by Gasteiger charge is -2.08. The monoisotopic (exact) mass is 260 g/mol. The second-order valence-corrected chi connectivity index (χ2v) is 5.02. The molecule has 0 aliphatic rings. The van der Waals surface area contributed by atoms with Crippen LogP contribution >= 0.6 is 0 Å². The quantitative estimate of drug-likeness (QED) is 0.838. The number of nitrogens with zero attached hydrogens (tertiary/aromatic N) is 2. The maximum absolute atomic E-state index is 5.59. The number of hydrogen-bond acceptors (Lipinski definition) is 4. The van der Waals surface area contributed by atoms with E-state index in [2.05, 4.69) is 34.3 Å². The first-order valence-corrected chi connectivity index (χ1v) is 6.49. The summed E-state index contributed by atoms with van der Waals surface area (Å²) in [6.07, 6.45) is 1.75. The molecule has 0 fully saturated rings. The predicted molar refractivity (Wildman–Crippen MR) is 74.2 cm³/mol. The van der Waals surface area contributed by atoms with E-state index in [1.807, 2.05) is 25.1 Å². The Balaban J connectivity index is 1.95. The minimum Gasteiger partial charge on any atom is -0.419 e. The van der Waals surface area contributed by atoms with Crippen LogP contribution in [0.1, 0.15) is 25.1 Å². The van der Waals surface area contributed by atoms with Crippen LogP contribution in [0.2, 0.25) is 0 Å². The van der Waals surface area contributed by atoms with Crippen LogP contribution in [-0.2, 0) is 6.54 Å². The number of aromatic amines is 1. The molecule has 0 atom stereocenters. The second kappa shape index (κ2) is 6.33. The van der Waals surface area contributed by atoms with Crippen LogP contribution in [0.5, 0.6) is 11.8 Å². The summed E-state index contributed by atoms with van der Waals surface area (Å²) < 4.78 is 5.59. The highest BCUT2D eigenvalue weighted by Crippen LogP contribution is 2.18. The van der Waals surface area contributed by atoms with Gasteiger partial charge in [0.15, 0.2) is 0 Å². The van der Waals surface area contributed by atoms with Crippen molar-refractivity contribution in [1.82, 2.24) is 20.5 Å². The molecule has 0 aliphatic heterocycles. The number of rotatable bonds is 6. The molecule has 0 saturated heterocycles. The van der Waals surface area contributed by atoms with Gasteiger partial charge in [-0.3, -0.25) is 5.10 Å². The summed E-state index contributed by atoms with van der Waals surface area (Å²) >= 11 is 0. The lowest BCUT2D eigenvalue weighted by Crippen LogP contribution is -2.18. The first kappa shape index (κ1) is 13.5. The van der Waals surface area contributed by atoms with Crippen LogP contribution in [0.3, 0.4) is 0 Å². The molecule has 0 radical (unpaired) electrons. The molecule has 19 heavy (non-hydrogen) atoms. The average molecular weight is 260 g/mol. The van der Waals surface area contributed by atoms with Crippen LogP contribution < -0.4 is 10.1 Å². The van der Waals surface area contributed by atoms with Gasteiger partial charge in [0.2, 0.25) is 11.8 Å². The van der Waals surface area contributed by atoms with Crippen molar-refractivity contribution in [1.29, 1.82) is 0 Å². The molecule has 5 nitrogen and oxygen atoms in total. The zero-order chi connectivity index (χ0) is 13.7. The van der Waals surface area contributed by atoms with Crippen LogP contribution in [0.25, 0.3) is 0 Å². The molecular formula is C14H20N4O. The van der Waals surface area contributed by atoms with Crippen molar-refractivity contribution in [2.75, 3.05) is 6.54 Å². The molecule has 0 aliphatic carbocycles. The van der Waals surface area contributed by atoms with E-state index in [0.717, 1.165) is 24.3 Å². The number of H-pyrrole nitrogens is 1. The van der Waals surface area contributed by atoms with Gasteiger partial charge in [-0.2, -0.15) is 0 Å². The normalized spacial score (nSPS) is 10.9. The van der Waals surface area contributed by atoms with Crippen molar-refractivity contribution in [3.05, 3.63) is 35.7 Å². The first-order valence-electron chi connectivity index (χ1n) is 6.49. The summed E-state index contributed by atoms with van der Waals surface area (Å²) in [4.78, 5) is 4.18. The highest BCUT2D eigenvalue weighted by atomic mass is 16.5. The van der Waals surface area contributed by atoms with E-state index in [9.17, 15) is 0 Å². The zero-order valence-corrected chi connectivity index (χ0v) is 11.6.